The molecule has 108 valence electrons. The fraction of sp³-hybridized carbons (Fsp3) is 0.278. The molecule has 0 aliphatic heterocycles. The van der Waals surface area contributed by atoms with Crippen molar-refractivity contribution in [1.82, 2.24) is 10.3 Å². The Morgan fingerprint density at radius 3 is 2.86 bits per heavy atom. The lowest BCUT2D eigenvalue weighted by atomic mass is 9.98. The summed E-state index contributed by atoms with van der Waals surface area (Å²) in [7, 11) is 0. The van der Waals surface area contributed by atoms with Gasteiger partial charge in [-0.05, 0) is 59.5 Å². The first kappa shape index (κ1) is 14.2. The van der Waals surface area contributed by atoms with Crippen molar-refractivity contribution in [2.75, 3.05) is 6.54 Å². The zero-order valence-electron chi connectivity index (χ0n) is 12.3. The Labute approximate surface area is 129 Å². The number of hydrogen-bond donors (Lipinski definition) is 1. The maximum atomic E-state index is 4.45. The number of benzene rings is 1. The first-order valence-corrected chi connectivity index (χ1v) is 8.38. The Balaban J connectivity index is 1.83. The Hall–Kier alpha value is -1.71. The molecule has 0 saturated heterocycles. The van der Waals surface area contributed by atoms with E-state index >= 15 is 0 Å². The molecule has 0 bridgehead atoms. The van der Waals surface area contributed by atoms with E-state index in [1.54, 1.807) is 11.3 Å². The molecule has 3 rings (SSSR count). The topological polar surface area (TPSA) is 24.9 Å². The van der Waals surface area contributed by atoms with E-state index in [-0.39, 0.29) is 0 Å². The number of hydrogen-bond acceptors (Lipinski definition) is 3. The van der Waals surface area contributed by atoms with Gasteiger partial charge < -0.3 is 5.32 Å². The normalized spacial score (nSPS) is 12.6. The van der Waals surface area contributed by atoms with Crippen molar-refractivity contribution in [2.45, 2.75) is 25.8 Å². The van der Waals surface area contributed by atoms with Crippen molar-refractivity contribution in [3.05, 3.63) is 64.5 Å². The number of nitrogens with one attached hydrogen (secondary N) is 1. The Morgan fingerprint density at radius 2 is 2.05 bits per heavy atom. The predicted molar refractivity (Wildman–Crippen MR) is 90.9 cm³/mol. The third kappa shape index (κ3) is 3.49. The summed E-state index contributed by atoms with van der Waals surface area (Å²) in [5.41, 5.74) is 3.88. The van der Waals surface area contributed by atoms with Gasteiger partial charge in [-0.15, -0.1) is 0 Å². The summed E-state index contributed by atoms with van der Waals surface area (Å²) in [6.45, 7) is 3.17. The van der Waals surface area contributed by atoms with Crippen LogP contribution in [0.4, 0.5) is 0 Å². The average Bonchev–Trinajstić information content (AvgIpc) is 3.01. The largest absolute Gasteiger partial charge is 0.314 e. The molecule has 0 amide bonds. The van der Waals surface area contributed by atoms with Gasteiger partial charge in [0.05, 0.1) is 5.52 Å². The Morgan fingerprint density at radius 1 is 1.14 bits per heavy atom. The van der Waals surface area contributed by atoms with Gasteiger partial charge in [-0.1, -0.05) is 25.1 Å². The first-order valence-electron chi connectivity index (χ1n) is 7.44. The van der Waals surface area contributed by atoms with Gasteiger partial charge in [0.2, 0.25) is 0 Å². The summed E-state index contributed by atoms with van der Waals surface area (Å²) in [6.07, 6.45) is 4.03. The van der Waals surface area contributed by atoms with E-state index in [9.17, 15) is 0 Å². The molecule has 1 atom stereocenters. The molecule has 0 aliphatic carbocycles. The van der Waals surface area contributed by atoms with Gasteiger partial charge in [-0.2, -0.15) is 11.3 Å². The molecule has 0 spiro atoms. The molecule has 3 aromatic rings. The van der Waals surface area contributed by atoms with Crippen LogP contribution in [-0.2, 0) is 12.8 Å². The van der Waals surface area contributed by atoms with Gasteiger partial charge in [0.1, 0.15) is 0 Å². The van der Waals surface area contributed by atoms with Crippen LogP contribution in [0.3, 0.4) is 0 Å². The van der Waals surface area contributed by atoms with E-state index in [0.717, 1.165) is 24.9 Å². The van der Waals surface area contributed by atoms with E-state index in [4.69, 9.17) is 0 Å². The molecule has 1 aromatic carbocycles. The lowest BCUT2D eigenvalue weighted by molar-refractivity contribution is 0.523. The van der Waals surface area contributed by atoms with Crippen LogP contribution >= 0.6 is 11.3 Å². The molecule has 1 unspecified atom stereocenters. The van der Waals surface area contributed by atoms with Crippen molar-refractivity contribution < 1.29 is 0 Å². The second-order valence-corrected chi connectivity index (χ2v) is 6.06. The number of para-hydroxylation sites is 1. The number of thiophene rings is 1. The highest BCUT2D eigenvalue weighted by molar-refractivity contribution is 7.07. The molecular formula is C18H20N2S. The summed E-state index contributed by atoms with van der Waals surface area (Å²) >= 11 is 1.77. The molecule has 1 N–H and O–H groups in total. The lowest BCUT2D eigenvalue weighted by Gasteiger charge is -2.18. The number of fused-ring (bicyclic) bond motifs is 1. The maximum Gasteiger partial charge on any atom is 0.0704 e. The minimum Gasteiger partial charge on any atom is -0.314 e. The molecule has 21 heavy (non-hydrogen) atoms. The van der Waals surface area contributed by atoms with Gasteiger partial charge in [0.15, 0.2) is 0 Å². The highest BCUT2D eigenvalue weighted by Crippen LogP contribution is 2.19. The number of nitrogens with zero attached hydrogens (tertiary/aromatic N) is 1. The van der Waals surface area contributed by atoms with Crippen LogP contribution in [0.25, 0.3) is 10.9 Å². The van der Waals surface area contributed by atoms with Gasteiger partial charge in [0, 0.05) is 17.6 Å². The monoisotopic (exact) mass is 296 g/mol. The van der Waals surface area contributed by atoms with Gasteiger partial charge in [-0.3, -0.25) is 4.98 Å². The van der Waals surface area contributed by atoms with Gasteiger partial charge in [0.25, 0.3) is 0 Å². The van der Waals surface area contributed by atoms with Crippen LogP contribution < -0.4 is 5.32 Å². The van der Waals surface area contributed by atoms with Crippen LogP contribution in [0.15, 0.2) is 53.4 Å². The summed E-state index contributed by atoms with van der Waals surface area (Å²) in [4.78, 5) is 4.45. The third-order valence-corrected chi connectivity index (χ3v) is 4.49. The molecule has 3 heteroatoms. The standard InChI is InChI=1S/C18H20N2S/c1-2-19-16(11-14-8-10-21-13-14)12-15-7-9-20-18-6-4-3-5-17(15)18/h3-10,13,16,19H,2,11-12H2,1H3. The minimum atomic E-state index is 0.468. The maximum absolute atomic E-state index is 4.45. The first-order chi connectivity index (χ1) is 10.4. The number of rotatable bonds is 6. The highest BCUT2D eigenvalue weighted by Gasteiger charge is 2.12. The Bertz CT molecular complexity index is 686. The van der Waals surface area contributed by atoms with Gasteiger partial charge >= 0.3 is 0 Å². The summed E-state index contributed by atoms with van der Waals surface area (Å²) in [5, 5.41) is 9.29. The average molecular weight is 296 g/mol. The van der Waals surface area contributed by atoms with Crippen LogP contribution in [0.2, 0.25) is 0 Å². The van der Waals surface area contributed by atoms with E-state index in [1.807, 2.05) is 12.3 Å². The van der Waals surface area contributed by atoms with Gasteiger partial charge in [-0.25, -0.2) is 0 Å². The smallest absolute Gasteiger partial charge is 0.0704 e. The molecule has 0 aliphatic rings. The van der Waals surface area contributed by atoms with Crippen molar-refractivity contribution >= 4 is 22.2 Å². The van der Waals surface area contributed by atoms with Crippen molar-refractivity contribution in [2.24, 2.45) is 0 Å². The van der Waals surface area contributed by atoms with E-state index in [1.165, 1.54) is 16.5 Å². The van der Waals surface area contributed by atoms with E-state index in [0.29, 0.717) is 6.04 Å². The summed E-state index contributed by atoms with van der Waals surface area (Å²) in [6, 6.07) is 13.2. The minimum absolute atomic E-state index is 0.468. The molecule has 2 aromatic heterocycles. The van der Waals surface area contributed by atoms with Crippen LogP contribution in [0.5, 0.6) is 0 Å². The third-order valence-electron chi connectivity index (χ3n) is 3.76. The molecule has 2 heterocycles. The molecular weight excluding hydrogens is 276 g/mol. The zero-order valence-corrected chi connectivity index (χ0v) is 13.1. The van der Waals surface area contributed by atoms with E-state index < -0.39 is 0 Å². The predicted octanol–water partition coefficient (Wildman–Crippen LogP) is 4.06. The number of pyridine rings is 1. The summed E-state index contributed by atoms with van der Waals surface area (Å²) < 4.78 is 0. The van der Waals surface area contributed by atoms with Crippen molar-refractivity contribution in [3.63, 3.8) is 0 Å². The lowest BCUT2D eigenvalue weighted by Crippen LogP contribution is -2.33. The van der Waals surface area contributed by atoms with Crippen LogP contribution in [0, 0.1) is 0 Å². The molecule has 2 nitrogen and oxygen atoms in total. The second kappa shape index (κ2) is 6.83. The van der Waals surface area contributed by atoms with Crippen LogP contribution in [0.1, 0.15) is 18.1 Å². The SMILES string of the molecule is CCNC(Cc1ccsc1)Cc1ccnc2ccccc12. The fourth-order valence-corrected chi connectivity index (χ4v) is 3.48. The van der Waals surface area contributed by atoms with Crippen molar-refractivity contribution in [3.8, 4) is 0 Å². The molecule has 0 radical (unpaired) electrons. The number of aromatic nitrogens is 1. The quantitative estimate of drug-likeness (QED) is 0.742. The summed E-state index contributed by atoms with van der Waals surface area (Å²) in [5.74, 6) is 0. The zero-order chi connectivity index (χ0) is 14.5. The van der Waals surface area contributed by atoms with Crippen LogP contribution in [-0.4, -0.2) is 17.6 Å². The Kier molecular flexibility index (Phi) is 4.63. The second-order valence-electron chi connectivity index (χ2n) is 5.28. The van der Waals surface area contributed by atoms with E-state index in [2.05, 4.69) is 58.3 Å². The fourth-order valence-electron chi connectivity index (χ4n) is 2.80. The molecule has 0 saturated carbocycles. The van der Waals surface area contributed by atoms with Crippen molar-refractivity contribution in [1.29, 1.82) is 0 Å². The molecule has 0 fully saturated rings. The highest BCUT2D eigenvalue weighted by atomic mass is 32.1. The number of likely N-dealkylation sites (N-methyl/N-ethyl adjacent to an activating group) is 1.